The minimum Gasteiger partial charge on any atom is -0.504 e. The third-order valence-electron chi connectivity index (χ3n) is 3.59. The van der Waals surface area contributed by atoms with E-state index in [1.807, 2.05) is 12.1 Å². The van der Waals surface area contributed by atoms with Crippen molar-refractivity contribution in [2.24, 2.45) is 11.8 Å². The molecule has 2 rings (SSSR count). The molecule has 0 saturated carbocycles. The number of phenols is 1. The Hall–Kier alpha value is -1.22. The molecule has 0 aliphatic carbocycles. The van der Waals surface area contributed by atoms with E-state index in [9.17, 15) is 5.11 Å². The number of benzene rings is 1. The van der Waals surface area contributed by atoms with Crippen molar-refractivity contribution in [3.8, 4) is 11.5 Å². The maximum Gasteiger partial charge on any atom is 0.160 e. The van der Waals surface area contributed by atoms with Crippen LogP contribution in [-0.2, 0) is 6.54 Å². The highest BCUT2D eigenvalue weighted by Gasteiger charge is 2.21. The highest BCUT2D eigenvalue weighted by molar-refractivity contribution is 5.41. The first-order valence-corrected chi connectivity index (χ1v) is 6.66. The van der Waals surface area contributed by atoms with Gasteiger partial charge in [-0.25, -0.2) is 0 Å². The second-order valence-corrected chi connectivity index (χ2v) is 5.65. The van der Waals surface area contributed by atoms with Gasteiger partial charge in [0.1, 0.15) is 0 Å². The maximum absolute atomic E-state index is 9.59. The summed E-state index contributed by atoms with van der Waals surface area (Å²) in [5.41, 5.74) is 1.20. The molecular formula is C15H23NO2. The Morgan fingerprint density at radius 2 is 1.94 bits per heavy atom. The van der Waals surface area contributed by atoms with Crippen LogP contribution in [0.3, 0.4) is 0 Å². The quantitative estimate of drug-likeness (QED) is 0.894. The molecule has 18 heavy (non-hydrogen) atoms. The van der Waals surface area contributed by atoms with Gasteiger partial charge in [-0.15, -0.1) is 0 Å². The number of hydrogen-bond donors (Lipinski definition) is 1. The molecule has 1 fully saturated rings. The Labute approximate surface area is 109 Å². The number of likely N-dealkylation sites (tertiary alicyclic amines) is 1. The number of hydrogen-bond acceptors (Lipinski definition) is 3. The number of piperidine rings is 1. The standard InChI is InChI=1S/C15H23NO2/c1-11-6-12(2)9-16(8-11)10-13-4-5-14(17)15(7-13)18-3/h4-5,7,11-12,17H,6,8-10H2,1-3H3. The van der Waals surface area contributed by atoms with Crippen molar-refractivity contribution in [1.29, 1.82) is 0 Å². The van der Waals surface area contributed by atoms with Crippen LogP contribution in [0.1, 0.15) is 25.8 Å². The second kappa shape index (κ2) is 5.61. The van der Waals surface area contributed by atoms with E-state index in [4.69, 9.17) is 4.74 Å². The van der Waals surface area contributed by atoms with E-state index in [-0.39, 0.29) is 5.75 Å². The third-order valence-corrected chi connectivity index (χ3v) is 3.59. The van der Waals surface area contributed by atoms with Gasteiger partial charge in [-0.1, -0.05) is 19.9 Å². The van der Waals surface area contributed by atoms with Crippen molar-refractivity contribution in [1.82, 2.24) is 4.90 Å². The van der Waals surface area contributed by atoms with Gasteiger partial charge in [-0.2, -0.15) is 0 Å². The number of ether oxygens (including phenoxy) is 1. The zero-order valence-electron chi connectivity index (χ0n) is 11.5. The normalized spacial score (nSPS) is 25.1. The van der Waals surface area contributed by atoms with Crippen LogP contribution in [-0.4, -0.2) is 30.2 Å². The predicted octanol–water partition coefficient (Wildman–Crippen LogP) is 2.88. The fourth-order valence-electron chi connectivity index (χ4n) is 3.00. The van der Waals surface area contributed by atoms with Crippen LogP contribution in [0.15, 0.2) is 18.2 Å². The number of nitrogens with zero attached hydrogens (tertiary/aromatic N) is 1. The molecule has 2 atom stereocenters. The monoisotopic (exact) mass is 249 g/mol. The molecule has 1 heterocycles. The van der Waals surface area contributed by atoms with Gasteiger partial charge >= 0.3 is 0 Å². The third kappa shape index (κ3) is 3.16. The Kier molecular flexibility index (Phi) is 4.12. The van der Waals surface area contributed by atoms with E-state index in [0.29, 0.717) is 5.75 Å². The largest absolute Gasteiger partial charge is 0.504 e. The molecule has 2 unspecified atom stereocenters. The number of rotatable bonds is 3. The van der Waals surface area contributed by atoms with E-state index in [2.05, 4.69) is 18.7 Å². The predicted molar refractivity (Wildman–Crippen MR) is 72.9 cm³/mol. The summed E-state index contributed by atoms with van der Waals surface area (Å²) in [6, 6.07) is 5.62. The van der Waals surface area contributed by atoms with E-state index in [0.717, 1.165) is 31.5 Å². The van der Waals surface area contributed by atoms with E-state index < -0.39 is 0 Å². The SMILES string of the molecule is COc1cc(CN2CC(C)CC(C)C2)ccc1O. The summed E-state index contributed by atoms with van der Waals surface area (Å²) in [6.07, 6.45) is 1.33. The highest BCUT2D eigenvalue weighted by atomic mass is 16.5. The average molecular weight is 249 g/mol. The molecule has 3 heteroatoms. The number of phenolic OH excluding ortho intramolecular Hbond substituents is 1. The Morgan fingerprint density at radius 3 is 2.56 bits per heavy atom. The molecule has 1 aliphatic rings. The van der Waals surface area contributed by atoms with Gasteiger partial charge in [0.15, 0.2) is 11.5 Å². The molecule has 1 N–H and O–H groups in total. The van der Waals surface area contributed by atoms with E-state index in [1.165, 1.54) is 12.0 Å². The van der Waals surface area contributed by atoms with Gasteiger partial charge in [-0.3, -0.25) is 4.90 Å². The number of aromatic hydroxyl groups is 1. The van der Waals surface area contributed by atoms with Crippen molar-refractivity contribution >= 4 is 0 Å². The van der Waals surface area contributed by atoms with E-state index in [1.54, 1.807) is 13.2 Å². The van der Waals surface area contributed by atoms with Crippen LogP contribution in [0.25, 0.3) is 0 Å². The lowest BCUT2D eigenvalue weighted by molar-refractivity contribution is 0.134. The first kappa shape index (κ1) is 13.2. The Morgan fingerprint density at radius 1 is 1.28 bits per heavy atom. The summed E-state index contributed by atoms with van der Waals surface area (Å²) in [5.74, 6) is 2.31. The average Bonchev–Trinajstić information content (AvgIpc) is 2.30. The first-order chi connectivity index (χ1) is 8.58. The van der Waals surface area contributed by atoms with E-state index >= 15 is 0 Å². The highest BCUT2D eigenvalue weighted by Crippen LogP contribution is 2.28. The van der Waals surface area contributed by atoms with Gasteiger partial charge in [0.05, 0.1) is 7.11 Å². The topological polar surface area (TPSA) is 32.7 Å². The number of methoxy groups -OCH3 is 1. The molecule has 100 valence electrons. The lowest BCUT2D eigenvalue weighted by atomic mass is 9.91. The van der Waals surface area contributed by atoms with Gasteiger partial charge in [0.2, 0.25) is 0 Å². The molecule has 1 saturated heterocycles. The van der Waals surface area contributed by atoms with Crippen molar-refractivity contribution < 1.29 is 9.84 Å². The summed E-state index contributed by atoms with van der Waals surface area (Å²) in [5, 5.41) is 9.59. The molecule has 0 amide bonds. The minimum absolute atomic E-state index is 0.210. The molecule has 0 radical (unpaired) electrons. The minimum atomic E-state index is 0.210. The molecule has 0 bridgehead atoms. The lowest BCUT2D eigenvalue weighted by Gasteiger charge is -2.35. The van der Waals surface area contributed by atoms with Crippen molar-refractivity contribution in [2.75, 3.05) is 20.2 Å². The van der Waals surface area contributed by atoms with Crippen molar-refractivity contribution in [2.45, 2.75) is 26.8 Å². The van der Waals surface area contributed by atoms with Crippen LogP contribution < -0.4 is 4.74 Å². The van der Waals surface area contributed by atoms with Gasteiger partial charge in [0.25, 0.3) is 0 Å². The van der Waals surface area contributed by atoms with Crippen LogP contribution in [0.2, 0.25) is 0 Å². The van der Waals surface area contributed by atoms with Crippen LogP contribution in [0.4, 0.5) is 0 Å². The molecule has 1 aliphatic heterocycles. The molecule has 0 spiro atoms. The molecule has 0 aromatic heterocycles. The van der Waals surface area contributed by atoms with Crippen molar-refractivity contribution in [3.05, 3.63) is 23.8 Å². The molecule has 3 nitrogen and oxygen atoms in total. The summed E-state index contributed by atoms with van der Waals surface area (Å²) >= 11 is 0. The van der Waals surface area contributed by atoms with Gasteiger partial charge in [-0.05, 0) is 36.0 Å². The van der Waals surface area contributed by atoms with Gasteiger partial charge < -0.3 is 9.84 Å². The smallest absolute Gasteiger partial charge is 0.160 e. The maximum atomic E-state index is 9.59. The lowest BCUT2D eigenvalue weighted by Crippen LogP contribution is -2.38. The first-order valence-electron chi connectivity index (χ1n) is 6.66. The summed E-state index contributed by atoms with van der Waals surface area (Å²) in [7, 11) is 1.59. The van der Waals surface area contributed by atoms with Crippen LogP contribution in [0, 0.1) is 11.8 Å². The summed E-state index contributed by atoms with van der Waals surface area (Å²) in [4.78, 5) is 2.49. The second-order valence-electron chi connectivity index (χ2n) is 5.65. The molecular weight excluding hydrogens is 226 g/mol. The molecule has 1 aromatic carbocycles. The Balaban J connectivity index is 2.04. The summed E-state index contributed by atoms with van der Waals surface area (Å²) in [6.45, 7) is 7.90. The van der Waals surface area contributed by atoms with Crippen molar-refractivity contribution in [3.63, 3.8) is 0 Å². The van der Waals surface area contributed by atoms with Crippen LogP contribution in [0.5, 0.6) is 11.5 Å². The zero-order valence-corrected chi connectivity index (χ0v) is 11.5. The Bertz CT molecular complexity index is 395. The molecule has 1 aromatic rings. The zero-order chi connectivity index (χ0) is 13.1. The fourth-order valence-corrected chi connectivity index (χ4v) is 3.00. The fraction of sp³-hybridized carbons (Fsp3) is 0.600. The van der Waals surface area contributed by atoms with Gasteiger partial charge in [0, 0.05) is 19.6 Å². The van der Waals surface area contributed by atoms with Crippen LogP contribution >= 0.6 is 0 Å². The summed E-state index contributed by atoms with van der Waals surface area (Å²) < 4.78 is 5.15.